The van der Waals surface area contributed by atoms with Gasteiger partial charge in [-0.25, -0.2) is 0 Å². The van der Waals surface area contributed by atoms with E-state index in [1.165, 1.54) is 4.31 Å². The van der Waals surface area contributed by atoms with Crippen LogP contribution in [0.25, 0.3) is 0 Å². The molecule has 0 saturated heterocycles. The van der Waals surface area contributed by atoms with Crippen molar-refractivity contribution in [2.45, 2.75) is 64.5 Å². The highest BCUT2D eigenvalue weighted by Crippen LogP contribution is 2.36. The molecule has 0 heterocycles. The molecule has 0 bridgehead atoms. The molecule has 5 nitrogen and oxygen atoms in total. The summed E-state index contributed by atoms with van der Waals surface area (Å²) in [6.07, 6.45) is 3.87. The molecule has 1 fully saturated rings. The van der Waals surface area contributed by atoms with Gasteiger partial charge in [-0.05, 0) is 39.5 Å². The number of hydrogen-bond acceptors (Lipinski definition) is 3. The van der Waals surface area contributed by atoms with Crippen molar-refractivity contribution in [1.82, 2.24) is 9.03 Å². The van der Waals surface area contributed by atoms with Crippen LogP contribution in [0.4, 0.5) is 0 Å². The molecule has 1 aliphatic carbocycles. The average molecular weight is 291 g/mol. The predicted octanol–water partition coefficient (Wildman–Crippen LogP) is 1.46. The van der Waals surface area contributed by atoms with Crippen LogP contribution >= 0.6 is 0 Å². The van der Waals surface area contributed by atoms with E-state index in [1.54, 1.807) is 7.05 Å². The molecule has 1 aliphatic rings. The third-order valence-corrected chi connectivity index (χ3v) is 5.89. The Balaban J connectivity index is 2.98. The van der Waals surface area contributed by atoms with Gasteiger partial charge in [-0.3, -0.25) is 0 Å². The molecule has 0 amide bonds. The molecule has 0 aromatic rings. The lowest BCUT2D eigenvalue weighted by atomic mass is 9.76. The number of hydrogen-bond donors (Lipinski definition) is 2. The first-order chi connectivity index (χ1) is 8.52. The fourth-order valence-corrected chi connectivity index (χ4v) is 4.60. The van der Waals surface area contributed by atoms with Crippen LogP contribution in [0.3, 0.4) is 0 Å². The maximum absolute atomic E-state index is 12.5. The van der Waals surface area contributed by atoms with E-state index >= 15 is 0 Å². The van der Waals surface area contributed by atoms with E-state index in [1.807, 2.05) is 20.8 Å². The largest absolute Gasteiger partial charge is 0.329 e. The topological polar surface area (TPSA) is 75.4 Å². The first kappa shape index (κ1) is 16.9. The summed E-state index contributed by atoms with van der Waals surface area (Å²) in [6, 6.07) is 0. The van der Waals surface area contributed by atoms with Crippen LogP contribution in [-0.2, 0) is 10.2 Å². The van der Waals surface area contributed by atoms with Gasteiger partial charge >= 0.3 is 0 Å². The molecule has 6 heteroatoms. The van der Waals surface area contributed by atoms with E-state index in [9.17, 15) is 8.42 Å². The Bertz CT molecular complexity index is 403. The van der Waals surface area contributed by atoms with E-state index in [4.69, 9.17) is 5.73 Å². The molecule has 1 saturated carbocycles. The van der Waals surface area contributed by atoms with E-state index < -0.39 is 21.3 Å². The normalized spacial score (nSPS) is 29.7. The van der Waals surface area contributed by atoms with Gasteiger partial charge in [0.25, 0.3) is 10.2 Å². The molecule has 2 atom stereocenters. The van der Waals surface area contributed by atoms with Crippen LogP contribution in [0.2, 0.25) is 0 Å². The molecule has 0 radical (unpaired) electrons. The quantitative estimate of drug-likeness (QED) is 0.823. The van der Waals surface area contributed by atoms with Crippen molar-refractivity contribution in [1.29, 1.82) is 0 Å². The van der Waals surface area contributed by atoms with Gasteiger partial charge in [0, 0.05) is 24.7 Å². The molecular weight excluding hydrogens is 262 g/mol. The van der Waals surface area contributed by atoms with Crippen molar-refractivity contribution in [3.63, 3.8) is 0 Å². The van der Waals surface area contributed by atoms with E-state index in [2.05, 4.69) is 11.6 Å². The maximum Gasteiger partial charge on any atom is 0.280 e. The minimum Gasteiger partial charge on any atom is -0.329 e. The summed E-state index contributed by atoms with van der Waals surface area (Å²) in [4.78, 5) is 0. The first-order valence-corrected chi connectivity index (χ1v) is 8.44. The van der Waals surface area contributed by atoms with Crippen LogP contribution in [0.5, 0.6) is 0 Å². The molecule has 0 spiro atoms. The molecule has 0 aliphatic heterocycles. The highest BCUT2D eigenvalue weighted by atomic mass is 32.2. The smallest absolute Gasteiger partial charge is 0.280 e. The average Bonchev–Trinajstić information content (AvgIpc) is 2.24. The zero-order chi connectivity index (χ0) is 14.9. The fourth-order valence-electron chi connectivity index (χ4n) is 2.94. The Morgan fingerprint density at radius 3 is 2.42 bits per heavy atom. The molecular formula is C13H29N3O2S. The predicted molar refractivity (Wildman–Crippen MR) is 79.0 cm³/mol. The zero-order valence-electron chi connectivity index (χ0n) is 12.9. The molecule has 3 N–H and O–H groups in total. The van der Waals surface area contributed by atoms with Crippen LogP contribution in [-0.4, -0.2) is 37.4 Å². The first-order valence-electron chi connectivity index (χ1n) is 7.00. The lowest BCUT2D eigenvalue weighted by molar-refractivity contribution is 0.125. The summed E-state index contributed by atoms with van der Waals surface area (Å²) in [6.45, 7) is 8.07. The lowest BCUT2D eigenvalue weighted by Gasteiger charge is -2.45. The molecule has 1 rings (SSSR count). The molecule has 114 valence electrons. The summed E-state index contributed by atoms with van der Waals surface area (Å²) >= 11 is 0. The maximum atomic E-state index is 12.5. The minimum absolute atomic E-state index is 0.374. The second-order valence-electron chi connectivity index (χ2n) is 6.95. The van der Waals surface area contributed by atoms with Crippen molar-refractivity contribution in [3.8, 4) is 0 Å². The Labute approximate surface area is 118 Å². The number of likely N-dealkylation sites (N-methyl/N-ethyl adjacent to an activating group) is 1. The standard InChI is InChI=1S/C13H29N3O2S/c1-11-7-6-8-13(9-11,10-14)16(5)19(17,18)15-12(2,3)4/h11,15H,6-10,14H2,1-5H3. The Morgan fingerprint density at radius 1 is 1.42 bits per heavy atom. The Hall–Kier alpha value is -0.170. The van der Waals surface area contributed by atoms with Crippen LogP contribution in [0, 0.1) is 5.92 Å². The third kappa shape index (κ3) is 4.15. The van der Waals surface area contributed by atoms with Crippen molar-refractivity contribution < 1.29 is 8.42 Å². The van der Waals surface area contributed by atoms with Gasteiger partial charge < -0.3 is 5.73 Å². The van der Waals surface area contributed by atoms with Gasteiger partial charge in [0.05, 0.1) is 0 Å². The van der Waals surface area contributed by atoms with Gasteiger partial charge in [0.1, 0.15) is 0 Å². The highest BCUT2D eigenvalue weighted by Gasteiger charge is 2.43. The second-order valence-corrected chi connectivity index (χ2v) is 8.66. The molecule has 19 heavy (non-hydrogen) atoms. The van der Waals surface area contributed by atoms with Gasteiger partial charge in [-0.2, -0.15) is 17.4 Å². The minimum atomic E-state index is -3.51. The van der Waals surface area contributed by atoms with Gasteiger partial charge in [0.2, 0.25) is 0 Å². The van der Waals surface area contributed by atoms with E-state index in [0.717, 1.165) is 25.7 Å². The highest BCUT2D eigenvalue weighted by molar-refractivity contribution is 7.87. The summed E-state index contributed by atoms with van der Waals surface area (Å²) < 4.78 is 29.1. The van der Waals surface area contributed by atoms with Crippen molar-refractivity contribution in [2.24, 2.45) is 11.7 Å². The van der Waals surface area contributed by atoms with E-state index in [0.29, 0.717) is 12.5 Å². The van der Waals surface area contributed by atoms with Gasteiger partial charge in [-0.1, -0.05) is 19.8 Å². The molecule has 0 aromatic heterocycles. The lowest BCUT2D eigenvalue weighted by Crippen LogP contribution is -2.60. The number of nitrogens with two attached hydrogens (primary N) is 1. The van der Waals surface area contributed by atoms with Crippen LogP contribution in [0.1, 0.15) is 53.4 Å². The van der Waals surface area contributed by atoms with Gasteiger partial charge in [-0.15, -0.1) is 0 Å². The number of nitrogens with one attached hydrogen (secondary N) is 1. The van der Waals surface area contributed by atoms with Crippen LogP contribution in [0.15, 0.2) is 0 Å². The summed E-state index contributed by atoms with van der Waals surface area (Å²) in [5.74, 6) is 0.518. The van der Waals surface area contributed by atoms with Crippen molar-refractivity contribution in [3.05, 3.63) is 0 Å². The van der Waals surface area contributed by atoms with Crippen LogP contribution < -0.4 is 10.5 Å². The monoisotopic (exact) mass is 291 g/mol. The Morgan fingerprint density at radius 2 is 2.00 bits per heavy atom. The number of nitrogens with zero attached hydrogens (tertiary/aromatic N) is 1. The second kappa shape index (κ2) is 5.68. The summed E-state index contributed by atoms with van der Waals surface area (Å²) in [5, 5.41) is 0. The summed E-state index contributed by atoms with van der Waals surface area (Å²) in [7, 11) is -1.86. The van der Waals surface area contributed by atoms with Gasteiger partial charge in [0.15, 0.2) is 0 Å². The Kier molecular flexibility index (Phi) is 5.04. The molecule has 0 aromatic carbocycles. The fraction of sp³-hybridized carbons (Fsp3) is 1.00. The third-order valence-electron chi connectivity index (χ3n) is 3.91. The zero-order valence-corrected chi connectivity index (χ0v) is 13.7. The van der Waals surface area contributed by atoms with Crippen molar-refractivity contribution >= 4 is 10.2 Å². The summed E-state index contributed by atoms with van der Waals surface area (Å²) in [5.41, 5.74) is 5.01. The SMILES string of the molecule is CC1CCCC(CN)(N(C)S(=O)(=O)NC(C)(C)C)C1. The molecule has 2 unspecified atom stereocenters. The van der Waals surface area contributed by atoms with E-state index in [-0.39, 0.29) is 0 Å². The van der Waals surface area contributed by atoms with Crippen molar-refractivity contribution in [2.75, 3.05) is 13.6 Å². The number of rotatable bonds is 4.